The van der Waals surface area contributed by atoms with Crippen LogP contribution in [0.15, 0.2) is 42.5 Å². The van der Waals surface area contributed by atoms with Crippen molar-refractivity contribution in [2.45, 2.75) is 20.0 Å². The molecule has 5 nitrogen and oxygen atoms in total. The maximum absolute atomic E-state index is 11.0. The van der Waals surface area contributed by atoms with Crippen LogP contribution in [0.4, 0.5) is 0 Å². The van der Waals surface area contributed by atoms with Crippen molar-refractivity contribution in [3.63, 3.8) is 0 Å². The lowest BCUT2D eigenvalue weighted by Gasteiger charge is -2.23. The molecule has 1 N–H and O–H groups in total. The molecule has 0 saturated heterocycles. The van der Waals surface area contributed by atoms with Crippen LogP contribution in [0.2, 0.25) is 5.02 Å². The molecule has 154 valence electrons. The molecule has 0 aliphatic heterocycles. The maximum atomic E-state index is 11.0. The van der Waals surface area contributed by atoms with Gasteiger partial charge >= 0.3 is 0 Å². The lowest BCUT2D eigenvalue weighted by molar-refractivity contribution is 0.120. The van der Waals surface area contributed by atoms with Crippen molar-refractivity contribution in [2.24, 2.45) is 0 Å². The van der Waals surface area contributed by atoms with Crippen LogP contribution in [0.1, 0.15) is 25.5 Å². The van der Waals surface area contributed by atoms with Crippen LogP contribution in [0.5, 0.6) is 11.5 Å². The second kappa shape index (κ2) is 9.44. The summed E-state index contributed by atoms with van der Waals surface area (Å²) in [7, 11) is 3.21. The minimum atomic E-state index is -0.638. The highest BCUT2D eigenvalue weighted by molar-refractivity contribution is 6.31. The average molecular weight is 415 g/mol. The van der Waals surface area contributed by atoms with Crippen molar-refractivity contribution in [3.05, 3.63) is 53.1 Å². The van der Waals surface area contributed by atoms with E-state index in [1.54, 1.807) is 14.2 Å². The number of ether oxygens (including phenoxy) is 2. The van der Waals surface area contributed by atoms with Gasteiger partial charge in [-0.15, -0.1) is 0 Å². The largest absolute Gasteiger partial charge is 0.493 e. The van der Waals surface area contributed by atoms with Gasteiger partial charge in [-0.25, -0.2) is 4.98 Å². The summed E-state index contributed by atoms with van der Waals surface area (Å²) in [5, 5.41) is 12.5. The van der Waals surface area contributed by atoms with Crippen LogP contribution in [0, 0.1) is 0 Å². The van der Waals surface area contributed by atoms with Gasteiger partial charge in [0.25, 0.3) is 0 Å². The molecule has 0 spiro atoms. The summed E-state index contributed by atoms with van der Waals surface area (Å²) >= 11 is 6.22. The van der Waals surface area contributed by atoms with E-state index < -0.39 is 6.10 Å². The van der Waals surface area contributed by atoms with E-state index in [4.69, 9.17) is 26.1 Å². The van der Waals surface area contributed by atoms with Gasteiger partial charge in [0.05, 0.1) is 31.5 Å². The normalized spacial score (nSPS) is 12.4. The first kappa shape index (κ1) is 21.4. The quantitative estimate of drug-likeness (QED) is 0.565. The Bertz CT molecular complexity index is 989. The fourth-order valence-electron chi connectivity index (χ4n) is 3.47. The van der Waals surface area contributed by atoms with Gasteiger partial charge in [-0.05, 0) is 55.1 Å². The molecule has 0 amide bonds. The van der Waals surface area contributed by atoms with Gasteiger partial charge < -0.3 is 19.5 Å². The summed E-state index contributed by atoms with van der Waals surface area (Å²) in [5.74, 6) is 1.28. The molecule has 0 fully saturated rings. The van der Waals surface area contributed by atoms with Crippen molar-refractivity contribution in [1.29, 1.82) is 0 Å². The zero-order valence-corrected chi connectivity index (χ0v) is 18.0. The Labute approximate surface area is 176 Å². The Balaban J connectivity index is 2.14. The van der Waals surface area contributed by atoms with Crippen LogP contribution in [-0.2, 0) is 0 Å². The van der Waals surface area contributed by atoms with Crippen LogP contribution in [-0.4, -0.2) is 48.8 Å². The Morgan fingerprint density at radius 2 is 1.72 bits per heavy atom. The molecule has 0 aliphatic carbocycles. The number of benzene rings is 2. The highest BCUT2D eigenvalue weighted by Crippen LogP contribution is 2.35. The predicted molar refractivity (Wildman–Crippen MR) is 118 cm³/mol. The minimum absolute atomic E-state index is 0.556. The summed E-state index contributed by atoms with van der Waals surface area (Å²) in [6.45, 7) is 6.50. The Kier molecular flexibility index (Phi) is 6.96. The summed E-state index contributed by atoms with van der Waals surface area (Å²) in [4.78, 5) is 6.99. The van der Waals surface area contributed by atoms with Crippen molar-refractivity contribution in [3.8, 4) is 22.8 Å². The molecule has 1 heterocycles. The zero-order chi connectivity index (χ0) is 21.0. The number of nitrogens with zero attached hydrogens (tertiary/aromatic N) is 2. The molecule has 1 unspecified atom stereocenters. The third-order valence-electron chi connectivity index (χ3n) is 5.17. The topological polar surface area (TPSA) is 54.8 Å². The van der Waals surface area contributed by atoms with Crippen LogP contribution >= 0.6 is 11.6 Å². The van der Waals surface area contributed by atoms with Gasteiger partial charge in [0.1, 0.15) is 0 Å². The number of methoxy groups -OCH3 is 2. The van der Waals surface area contributed by atoms with E-state index in [1.807, 2.05) is 42.5 Å². The molecular weight excluding hydrogens is 388 g/mol. The summed E-state index contributed by atoms with van der Waals surface area (Å²) in [5.41, 5.74) is 3.21. The fourth-order valence-corrected chi connectivity index (χ4v) is 3.64. The highest BCUT2D eigenvalue weighted by atomic mass is 35.5. The van der Waals surface area contributed by atoms with E-state index in [2.05, 4.69) is 18.7 Å². The summed E-state index contributed by atoms with van der Waals surface area (Å²) < 4.78 is 10.8. The number of aliphatic hydroxyl groups is 1. The second-order valence-corrected chi connectivity index (χ2v) is 7.27. The number of hydrogen-bond acceptors (Lipinski definition) is 5. The molecule has 0 radical (unpaired) electrons. The molecular formula is C23H27ClN2O3. The molecule has 6 heteroatoms. The first-order valence-corrected chi connectivity index (χ1v) is 10.1. The molecule has 29 heavy (non-hydrogen) atoms. The van der Waals surface area contributed by atoms with Gasteiger partial charge in [-0.3, -0.25) is 0 Å². The van der Waals surface area contributed by atoms with Crippen LogP contribution in [0.25, 0.3) is 22.2 Å². The Morgan fingerprint density at radius 3 is 2.38 bits per heavy atom. The van der Waals surface area contributed by atoms with Gasteiger partial charge in [-0.1, -0.05) is 31.5 Å². The van der Waals surface area contributed by atoms with Gasteiger partial charge in [0.15, 0.2) is 11.5 Å². The fraction of sp³-hybridized carbons (Fsp3) is 0.348. The molecule has 1 atom stereocenters. The van der Waals surface area contributed by atoms with Gasteiger partial charge in [0.2, 0.25) is 0 Å². The zero-order valence-electron chi connectivity index (χ0n) is 17.3. The molecule has 0 aliphatic rings. The van der Waals surface area contributed by atoms with Crippen molar-refractivity contribution >= 4 is 22.5 Å². The SMILES string of the molecule is CCN(CC)CC(O)c1cc(-c2ccc(OC)c(OC)c2)nc2cc(Cl)ccc12. The van der Waals surface area contributed by atoms with Crippen molar-refractivity contribution in [1.82, 2.24) is 9.88 Å². The van der Waals surface area contributed by atoms with E-state index in [0.717, 1.165) is 40.8 Å². The number of hydrogen-bond donors (Lipinski definition) is 1. The summed E-state index contributed by atoms with van der Waals surface area (Å²) in [6, 6.07) is 13.2. The lowest BCUT2D eigenvalue weighted by atomic mass is 9.99. The number of aromatic nitrogens is 1. The monoisotopic (exact) mass is 414 g/mol. The maximum Gasteiger partial charge on any atom is 0.161 e. The molecule has 1 aromatic heterocycles. The predicted octanol–water partition coefficient (Wildman–Crippen LogP) is 4.95. The lowest BCUT2D eigenvalue weighted by Crippen LogP contribution is -2.28. The third-order valence-corrected chi connectivity index (χ3v) is 5.40. The van der Waals surface area contributed by atoms with Crippen molar-refractivity contribution < 1.29 is 14.6 Å². The number of pyridine rings is 1. The minimum Gasteiger partial charge on any atom is -0.493 e. The van der Waals surface area contributed by atoms with E-state index in [0.29, 0.717) is 23.1 Å². The standard InChI is InChI=1S/C23H27ClN2O3/c1-5-26(6-2)14-21(27)18-13-19(25-20-12-16(24)8-9-17(18)20)15-7-10-22(28-3)23(11-15)29-4/h7-13,21,27H,5-6,14H2,1-4H3. The Morgan fingerprint density at radius 1 is 1.00 bits per heavy atom. The van der Waals surface area contributed by atoms with E-state index in [-0.39, 0.29) is 0 Å². The highest BCUT2D eigenvalue weighted by Gasteiger charge is 2.18. The first-order valence-electron chi connectivity index (χ1n) is 9.73. The molecule has 2 aromatic carbocycles. The molecule has 3 aromatic rings. The molecule has 0 bridgehead atoms. The van der Waals surface area contributed by atoms with E-state index >= 15 is 0 Å². The second-order valence-electron chi connectivity index (χ2n) is 6.83. The number of rotatable bonds is 8. The third kappa shape index (κ3) is 4.64. The van der Waals surface area contributed by atoms with E-state index in [1.165, 1.54) is 0 Å². The molecule has 0 saturated carbocycles. The van der Waals surface area contributed by atoms with E-state index in [9.17, 15) is 5.11 Å². The van der Waals surface area contributed by atoms with Gasteiger partial charge in [-0.2, -0.15) is 0 Å². The number of aliphatic hydroxyl groups excluding tert-OH is 1. The molecule has 3 rings (SSSR count). The van der Waals surface area contributed by atoms with Crippen molar-refractivity contribution in [2.75, 3.05) is 33.9 Å². The smallest absolute Gasteiger partial charge is 0.161 e. The average Bonchev–Trinajstić information content (AvgIpc) is 2.75. The van der Waals surface area contributed by atoms with Gasteiger partial charge in [0, 0.05) is 22.5 Å². The summed E-state index contributed by atoms with van der Waals surface area (Å²) in [6.07, 6.45) is -0.638. The first-order chi connectivity index (χ1) is 14.0. The number of likely N-dealkylation sites (N-methyl/N-ethyl adjacent to an activating group) is 1. The Hall–Kier alpha value is -2.34. The number of halogens is 1. The number of fused-ring (bicyclic) bond motifs is 1. The van der Waals surface area contributed by atoms with Crippen LogP contribution < -0.4 is 9.47 Å². The van der Waals surface area contributed by atoms with Crippen LogP contribution in [0.3, 0.4) is 0 Å².